The van der Waals surface area contributed by atoms with Crippen LogP contribution in [0.2, 0.25) is 0 Å². The first-order valence-electron chi connectivity index (χ1n) is 8.00. The van der Waals surface area contributed by atoms with E-state index in [2.05, 4.69) is 5.32 Å². The van der Waals surface area contributed by atoms with E-state index < -0.39 is 5.60 Å². The number of nitrogens with zero attached hydrogens (tertiary/aromatic N) is 2. The molecule has 24 heavy (non-hydrogen) atoms. The summed E-state index contributed by atoms with van der Waals surface area (Å²) in [7, 11) is 0. The molecule has 1 aromatic rings. The number of rotatable bonds is 2. The standard InChI is InChI=1S/C17H24FN3O3/c1-17(2,3)24-16(23)21-9-7-20(8-10-21)15(22)19-12-13-5-4-6-14(18)11-13/h4-6,11H,7-10,12H2,1-3H3,(H,19,22). The number of piperazine rings is 1. The Morgan fingerprint density at radius 2 is 1.79 bits per heavy atom. The molecule has 1 N–H and O–H groups in total. The number of carbonyl (C=O) groups is 2. The summed E-state index contributed by atoms with van der Waals surface area (Å²) in [6.07, 6.45) is -0.359. The number of hydrogen-bond donors (Lipinski definition) is 1. The monoisotopic (exact) mass is 337 g/mol. The van der Waals surface area contributed by atoms with Crippen molar-refractivity contribution in [2.45, 2.75) is 32.9 Å². The largest absolute Gasteiger partial charge is 0.444 e. The normalized spacial score (nSPS) is 15.2. The van der Waals surface area contributed by atoms with Gasteiger partial charge in [0.15, 0.2) is 0 Å². The van der Waals surface area contributed by atoms with Crippen molar-refractivity contribution >= 4 is 12.1 Å². The highest BCUT2D eigenvalue weighted by molar-refractivity contribution is 5.75. The Morgan fingerprint density at radius 1 is 1.17 bits per heavy atom. The summed E-state index contributed by atoms with van der Waals surface area (Å²) >= 11 is 0. The fourth-order valence-electron chi connectivity index (χ4n) is 2.36. The number of hydrogen-bond acceptors (Lipinski definition) is 3. The molecule has 1 aliphatic heterocycles. The van der Waals surface area contributed by atoms with Crippen molar-refractivity contribution in [3.05, 3.63) is 35.6 Å². The lowest BCUT2D eigenvalue weighted by molar-refractivity contribution is 0.0170. The minimum Gasteiger partial charge on any atom is -0.444 e. The zero-order valence-corrected chi connectivity index (χ0v) is 14.3. The van der Waals surface area contributed by atoms with Gasteiger partial charge in [0.25, 0.3) is 0 Å². The molecule has 0 bridgehead atoms. The molecule has 1 aromatic carbocycles. The van der Waals surface area contributed by atoms with Crippen LogP contribution in [0, 0.1) is 5.82 Å². The fourth-order valence-corrected chi connectivity index (χ4v) is 2.36. The maximum absolute atomic E-state index is 13.1. The maximum atomic E-state index is 13.1. The number of ether oxygens (including phenoxy) is 1. The molecule has 0 aliphatic carbocycles. The molecule has 3 amide bonds. The molecule has 0 saturated carbocycles. The van der Waals surface area contributed by atoms with Crippen LogP contribution in [0.15, 0.2) is 24.3 Å². The van der Waals surface area contributed by atoms with Crippen LogP contribution < -0.4 is 5.32 Å². The molecule has 1 heterocycles. The number of nitrogens with one attached hydrogen (secondary N) is 1. The molecule has 0 spiro atoms. The topological polar surface area (TPSA) is 61.9 Å². The third-order valence-electron chi connectivity index (χ3n) is 3.55. The second kappa shape index (κ2) is 7.51. The van der Waals surface area contributed by atoms with E-state index in [0.29, 0.717) is 31.7 Å². The second-order valence-corrected chi connectivity index (χ2v) is 6.74. The van der Waals surface area contributed by atoms with Crippen LogP contribution >= 0.6 is 0 Å². The molecule has 0 unspecified atom stereocenters. The van der Waals surface area contributed by atoms with E-state index >= 15 is 0 Å². The van der Waals surface area contributed by atoms with Crippen molar-refractivity contribution in [1.29, 1.82) is 0 Å². The van der Waals surface area contributed by atoms with E-state index in [1.165, 1.54) is 12.1 Å². The van der Waals surface area contributed by atoms with Crippen molar-refractivity contribution in [2.24, 2.45) is 0 Å². The first-order chi connectivity index (χ1) is 11.2. The highest BCUT2D eigenvalue weighted by atomic mass is 19.1. The minimum absolute atomic E-state index is 0.219. The predicted octanol–water partition coefficient (Wildman–Crippen LogP) is 2.59. The van der Waals surface area contributed by atoms with Crippen LogP contribution in [-0.4, -0.2) is 53.7 Å². The molecule has 132 valence electrons. The molecule has 0 aromatic heterocycles. The van der Waals surface area contributed by atoms with Gasteiger partial charge in [-0.15, -0.1) is 0 Å². The summed E-state index contributed by atoms with van der Waals surface area (Å²) in [5.41, 5.74) is 0.173. The zero-order valence-electron chi connectivity index (χ0n) is 14.3. The number of amides is 3. The van der Waals surface area contributed by atoms with Gasteiger partial charge in [-0.05, 0) is 38.5 Å². The van der Waals surface area contributed by atoms with Crippen molar-refractivity contribution < 1.29 is 18.7 Å². The lowest BCUT2D eigenvalue weighted by Gasteiger charge is -2.35. The Bertz CT molecular complexity index is 593. The van der Waals surface area contributed by atoms with E-state index in [1.54, 1.807) is 21.9 Å². The molecule has 6 nitrogen and oxygen atoms in total. The van der Waals surface area contributed by atoms with Gasteiger partial charge in [0.2, 0.25) is 0 Å². The number of carbonyl (C=O) groups excluding carboxylic acids is 2. The molecule has 7 heteroatoms. The summed E-state index contributed by atoms with van der Waals surface area (Å²) in [5.74, 6) is -0.326. The maximum Gasteiger partial charge on any atom is 0.410 e. The molecule has 1 fully saturated rings. The van der Waals surface area contributed by atoms with E-state index in [4.69, 9.17) is 4.74 Å². The zero-order chi connectivity index (χ0) is 17.7. The first kappa shape index (κ1) is 18.0. The average molecular weight is 337 g/mol. The van der Waals surface area contributed by atoms with Gasteiger partial charge in [-0.2, -0.15) is 0 Å². The highest BCUT2D eigenvalue weighted by Gasteiger charge is 2.27. The Morgan fingerprint density at radius 3 is 2.38 bits per heavy atom. The van der Waals surface area contributed by atoms with Gasteiger partial charge in [0.05, 0.1) is 0 Å². The van der Waals surface area contributed by atoms with Crippen LogP contribution in [-0.2, 0) is 11.3 Å². The van der Waals surface area contributed by atoms with Crippen molar-refractivity contribution in [1.82, 2.24) is 15.1 Å². The third kappa shape index (κ3) is 5.40. The second-order valence-electron chi connectivity index (χ2n) is 6.74. The molecule has 1 saturated heterocycles. The van der Waals surface area contributed by atoms with Crippen molar-refractivity contribution in [3.8, 4) is 0 Å². The summed E-state index contributed by atoms with van der Waals surface area (Å²) < 4.78 is 18.4. The predicted molar refractivity (Wildman–Crippen MR) is 88.0 cm³/mol. The van der Waals surface area contributed by atoms with Gasteiger partial charge in [-0.1, -0.05) is 12.1 Å². The van der Waals surface area contributed by atoms with Crippen LogP contribution in [0.1, 0.15) is 26.3 Å². The number of urea groups is 1. The average Bonchev–Trinajstić information content (AvgIpc) is 2.51. The summed E-state index contributed by atoms with van der Waals surface area (Å²) in [6.45, 7) is 7.47. The lowest BCUT2D eigenvalue weighted by atomic mass is 10.2. The summed E-state index contributed by atoms with van der Waals surface area (Å²) in [6, 6.07) is 5.89. The quantitative estimate of drug-likeness (QED) is 0.902. The Balaban J connectivity index is 1.77. The molecule has 1 aliphatic rings. The van der Waals surface area contributed by atoms with Crippen LogP contribution in [0.25, 0.3) is 0 Å². The van der Waals surface area contributed by atoms with Gasteiger partial charge >= 0.3 is 12.1 Å². The van der Waals surface area contributed by atoms with Gasteiger partial charge in [-0.25, -0.2) is 14.0 Å². The molecular formula is C17H24FN3O3. The van der Waals surface area contributed by atoms with E-state index in [0.717, 1.165) is 0 Å². The molecule has 2 rings (SSSR count). The number of benzene rings is 1. The summed E-state index contributed by atoms with van der Waals surface area (Å²) in [4.78, 5) is 27.4. The minimum atomic E-state index is -0.531. The van der Waals surface area contributed by atoms with Crippen LogP contribution in [0.5, 0.6) is 0 Å². The van der Waals surface area contributed by atoms with Gasteiger partial charge in [-0.3, -0.25) is 0 Å². The Hall–Kier alpha value is -2.31. The molecular weight excluding hydrogens is 313 g/mol. The van der Waals surface area contributed by atoms with E-state index in [1.807, 2.05) is 20.8 Å². The van der Waals surface area contributed by atoms with Gasteiger partial charge in [0.1, 0.15) is 11.4 Å². The third-order valence-corrected chi connectivity index (χ3v) is 3.55. The Labute approximate surface area is 141 Å². The first-order valence-corrected chi connectivity index (χ1v) is 8.00. The van der Waals surface area contributed by atoms with Gasteiger partial charge in [0, 0.05) is 32.7 Å². The Kier molecular flexibility index (Phi) is 5.64. The SMILES string of the molecule is CC(C)(C)OC(=O)N1CCN(C(=O)NCc2cccc(F)c2)CC1. The summed E-state index contributed by atoms with van der Waals surface area (Å²) in [5, 5.41) is 2.76. The van der Waals surface area contributed by atoms with E-state index in [9.17, 15) is 14.0 Å². The van der Waals surface area contributed by atoms with Crippen molar-refractivity contribution in [3.63, 3.8) is 0 Å². The smallest absolute Gasteiger partial charge is 0.410 e. The van der Waals surface area contributed by atoms with Crippen LogP contribution in [0.4, 0.5) is 14.0 Å². The van der Waals surface area contributed by atoms with Gasteiger partial charge < -0.3 is 19.9 Å². The van der Waals surface area contributed by atoms with Crippen LogP contribution in [0.3, 0.4) is 0 Å². The fraction of sp³-hybridized carbons (Fsp3) is 0.529. The highest BCUT2D eigenvalue weighted by Crippen LogP contribution is 2.12. The molecule has 0 atom stereocenters. The number of halogens is 1. The molecule has 0 radical (unpaired) electrons. The van der Waals surface area contributed by atoms with E-state index in [-0.39, 0.29) is 24.5 Å². The lowest BCUT2D eigenvalue weighted by Crippen LogP contribution is -2.53. The van der Waals surface area contributed by atoms with Crippen molar-refractivity contribution in [2.75, 3.05) is 26.2 Å².